The van der Waals surface area contributed by atoms with Crippen LogP contribution in [0.25, 0.3) is 0 Å². The Bertz CT molecular complexity index is 1210. The molecule has 0 spiro atoms. The van der Waals surface area contributed by atoms with Gasteiger partial charge in [0.1, 0.15) is 12.3 Å². The maximum atomic E-state index is 12.9. The number of carbonyl (C=O) groups excluding carboxylic acids is 1. The van der Waals surface area contributed by atoms with Crippen LogP contribution in [-0.4, -0.2) is 60.0 Å². The average molecular weight is 502 g/mol. The summed E-state index contributed by atoms with van der Waals surface area (Å²) in [5.41, 5.74) is 0.273. The lowest BCUT2D eigenvalue weighted by molar-refractivity contribution is -0.114. The van der Waals surface area contributed by atoms with Gasteiger partial charge in [-0.3, -0.25) is 9.10 Å². The van der Waals surface area contributed by atoms with E-state index in [0.717, 1.165) is 23.4 Å². The monoisotopic (exact) mass is 501 g/mol. The molecule has 1 aliphatic rings. The van der Waals surface area contributed by atoms with Crippen molar-refractivity contribution in [2.45, 2.75) is 17.7 Å². The zero-order valence-corrected chi connectivity index (χ0v) is 20.0. The van der Waals surface area contributed by atoms with Gasteiger partial charge >= 0.3 is 0 Å². The number of ether oxygens (including phenoxy) is 1. The van der Waals surface area contributed by atoms with Crippen molar-refractivity contribution < 1.29 is 26.4 Å². The van der Waals surface area contributed by atoms with Crippen LogP contribution in [0, 0.1) is 0 Å². The molecule has 3 rings (SSSR count). The fraction of sp³-hybridized carbons (Fsp3) is 0.350. The molecule has 2 aromatic carbocycles. The fourth-order valence-electron chi connectivity index (χ4n) is 3.38. The Kier molecular flexibility index (Phi) is 7.33. The molecule has 1 aliphatic heterocycles. The Hall–Kier alpha value is -2.34. The fourth-order valence-corrected chi connectivity index (χ4v) is 6.08. The van der Waals surface area contributed by atoms with E-state index in [2.05, 4.69) is 5.32 Å². The first kappa shape index (κ1) is 24.3. The summed E-state index contributed by atoms with van der Waals surface area (Å²) in [5, 5.41) is 2.73. The summed E-state index contributed by atoms with van der Waals surface area (Å²) < 4.78 is 57.9. The summed E-state index contributed by atoms with van der Waals surface area (Å²) in [7, 11) is -6.16. The number of rotatable bonds is 8. The zero-order valence-electron chi connectivity index (χ0n) is 17.6. The van der Waals surface area contributed by atoms with E-state index >= 15 is 0 Å². The van der Waals surface area contributed by atoms with Crippen LogP contribution in [-0.2, 0) is 24.8 Å². The van der Waals surface area contributed by atoms with Gasteiger partial charge in [0.2, 0.25) is 26.0 Å². The second-order valence-electron chi connectivity index (χ2n) is 7.24. The number of anilines is 2. The van der Waals surface area contributed by atoms with E-state index in [1.165, 1.54) is 41.7 Å². The number of nitrogens with one attached hydrogen (secondary N) is 1. The van der Waals surface area contributed by atoms with Crippen LogP contribution in [0.2, 0.25) is 5.02 Å². The SMILES string of the molecule is COc1ccc(S(=O)(=O)N2CCCC2)cc1NC(=O)CN(c1ccccc1Cl)S(C)(=O)=O. The molecular formula is C20H24ClN3O6S2. The number of halogens is 1. The van der Waals surface area contributed by atoms with Gasteiger partial charge in [-0.05, 0) is 43.2 Å². The molecule has 32 heavy (non-hydrogen) atoms. The number of sulfonamides is 2. The second-order valence-corrected chi connectivity index (χ2v) is 11.5. The number of benzene rings is 2. The topological polar surface area (TPSA) is 113 Å². The van der Waals surface area contributed by atoms with Crippen molar-refractivity contribution in [2.75, 3.05) is 42.6 Å². The quantitative estimate of drug-likeness (QED) is 0.594. The van der Waals surface area contributed by atoms with Gasteiger partial charge in [0, 0.05) is 13.1 Å². The highest BCUT2D eigenvalue weighted by molar-refractivity contribution is 7.92. The zero-order chi connectivity index (χ0) is 23.5. The number of amides is 1. The van der Waals surface area contributed by atoms with Gasteiger partial charge in [0.05, 0.1) is 34.7 Å². The lowest BCUT2D eigenvalue weighted by Gasteiger charge is -2.23. The molecule has 1 fully saturated rings. The standard InChI is InChI=1S/C20H24ClN3O6S2/c1-30-19-10-9-15(32(28,29)23-11-5-6-12-23)13-17(19)22-20(25)14-24(31(2,26)27)18-8-4-3-7-16(18)21/h3-4,7-10,13H,5-6,11-12,14H2,1-2H3,(H,22,25). The highest BCUT2D eigenvalue weighted by atomic mass is 35.5. The van der Waals surface area contributed by atoms with Gasteiger partial charge in [0.25, 0.3) is 0 Å². The summed E-state index contributed by atoms with van der Waals surface area (Å²) in [4.78, 5) is 12.8. The first-order valence-corrected chi connectivity index (χ1v) is 13.4. The van der Waals surface area contributed by atoms with E-state index < -0.39 is 32.5 Å². The van der Waals surface area contributed by atoms with E-state index in [1.807, 2.05) is 0 Å². The van der Waals surface area contributed by atoms with Crippen molar-refractivity contribution in [3.8, 4) is 5.75 Å². The number of methoxy groups -OCH3 is 1. The number of para-hydroxylation sites is 1. The molecule has 0 radical (unpaired) electrons. The van der Waals surface area contributed by atoms with E-state index in [1.54, 1.807) is 12.1 Å². The summed E-state index contributed by atoms with van der Waals surface area (Å²) in [6.45, 7) is 0.323. The molecule has 0 unspecified atom stereocenters. The third-order valence-electron chi connectivity index (χ3n) is 4.96. The van der Waals surface area contributed by atoms with Crippen LogP contribution in [0.4, 0.5) is 11.4 Å². The summed E-state index contributed by atoms with van der Waals surface area (Å²) >= 11 is 6.12. The summed E-state index contributed by atoms with van der Waals surface area (Å²) in [5.74, 6) is -0.452. The number of hydrogen-bond acceptors (Lipinski definition) is 6. The largest absolute Gasteiger partial charge is 0.495 e. The molecule has 0 bridgehead atoms. The number of nitrogens with zero attached hydrogens (tertiary/aromatic N) is 2. The lowest BCUT2D eigenvalue weighted by atomic mass is 10.3. The maximum absolute atomic E-state index is 12.9. The molecular weight excluding hydrogens is 478 g/mol. The summed E-state index contributed by atoms with van der Waals surface area (Å²) in [6.07, 6.45) is 2.55. The van der Waals surface area contributed by atoms with Crippen LogP contribution < -0.4 is 14.4 Å². The first-order valence-electron chi connectivity index (χ1n) is 9.74. The van der Waals surface area contributed by atoms with Crippen molar-refractivity contribution in [3.63, 3.8) is 0 Å². The maximum Gasteiger partial charge on any atom is 0.245 e. The molecule has 9 nitrogen and oxygen atoms in total. The molecule has 0 saturated carbocycles. The molecule has 1 amide bonds. The Morgan fingerprint density at radius 2 is 1.78 bits per heavy atom. The van der Waals surface area contributed by atoms with Gasteiger partial charge in [-0.2, -0.15) is 4.31 Å². The minimum Gasteiger partial charge on any atom is -0.495 e. The smallest absolute Gasteiger partial charge is 0.245 e. The van der Waals surface area contributed by atoms with Gasteiger partial charge in [0.15, 0.2) is 0 Å². The molecule has 0 aliphatic carbocycles. The molecule has 1 saturated heterocycles. The Morgan fingerprint density at radius 3 is 2.38 bits per heavy atom. The highest BCUT2D eigenvalue weighted by Gasteiger charge is 2.28. The average Bonchev–Trinajstić information content (AvgIpc) is 3.28. The predicted octanol–water partition coefficient (Wildman–Crippen LogP) is 2.54. The van der Waals surface area contributed by atoms with Crippen LogP contribution in [0.3, 0.4) is 0 Å². The van der Waals surface area contributed by atoms with E-state index in [-0.39, 0.29) is 27.0 Å². The van der Waals surface area contributed by atoms with Gasteiger partial charge in [-0.25, -0.2) is 16.8 Å². The van der Waals surface area contributed by atoms with Gasteiger partial charge in [-0.1, -0.05) is 23.7 Å². The molecule has 0 aromatic heterocycles. The minimum atomic E-state index is -3.83. The van der Waals surface area contributed by atoms with Gasteiger partial charge in [-0.15, -0.1) is 0 Å². The Morgan fingerprint density at radius 1 is 1.12 bits per heavy atom. The minimum absolute atomic E-state index is 0.0153. The molecule has 174 valence electrons. The number of carbonyl (C=O) groups is 1. The third kappa shape index (κ3) is 5.34. The van der Waals surface area contributed by atoms with Crippen molar-refractivity contribution in [1.29, 1.82) is 0 Å². The lowest BCUT2D eigenvalue weighted by Crippen LogP contribution is -2.37. The van der Waals surface area contributed by atoms with Crippen LogP contribution in [0.1, 0.15) is 12.8 Å². The predicted molar refractivity (Wildman–Crippen MR) is 123 cm³/mol. The van der Waals surface area contributed by atoms with Crippen molar-refractivity contribution >= 4 is 48.9 Å². The first-order chi connectivity index (χ1) is 15.0. The molecule has 1 heterocycles. The normalized spacial score (nSPS) is 14.8. The Labute approximate surface area is 193 Å². The van der Waals surface area contributed by atoms with Crippen molar-refractivity contribution in [3.05, 3.63) is 47.5 Å². The Balaban J connectivity index is 1.88. The molecule has 1 N–H and O–H groups in total. The molecule has 0 atom stereocenters. The highest BCUT2D eigenvalue weighted by Crippen LogP contribution is 2.31. The summed E-state index contributed by atoms with van der Waals surface area (Å²) in [6, 6.07) is 10.4. The third-order valence-corrected chi connectivity index (χ3v) is 8.30. The van der Waals surface area contributed by atoms with Crippen LogP contribution in [0.5, 0.6) is 5.75 Å². The van der Waals surface area contributed by atoms with Crippen LogP contribution >= 0.6 is 11.6 Å². The van der Waals surface area contributed by atoms with E-state index in [0.29, 0.717) is 13.1 Å². The molecule has 2 aromatic rings. The van der Waals surface area contributed by atoms with E-state index in [4.69, 9.17) is 16.3 Å². The van der Waals surface area contributed by atoms with Crippen molar-refractivity contribution in [1.82, 2.24) is 4.31 Å². The van der Waals surface area contributed by atoms with Crippen LogP contribution in [0.15, 0.2) is 47.4 Å². The van der Waals surface area contributed by atoms with E-state index in [9.17, 15) is 21.6 Å². The second kappa shape index (κ2) is 9.65. The van der Waals surface area contributed by atoms with Gasteiger partial charge < -0.3 is 10.1 Å². The molecule has 12 heteroatoms. The van der Waals surface area contributed by atoms with Crippen molar-refractivity contribution in [2.24, 2.45) is 0 Å². The number of hydrogen-bond donors (Lipinski definition) is 1.